The SMILES string of the molecule is CCNC(=NCC(CC)CC)NC1CCN(C(=O)C2CCCC2)C1.I. The third-order valence-corrected chi connectivity index (χ3v) is 5.55. The highest BCUT2D eigenvalue weighted by molar-refractivity contribution is 14.0. The number of hydrogen-bond acceptors (Lipinski definition) is 2. The fourth-order valence-electron chi connectivity index (χ4n) is 3.79. The van der Waals surface area contributed by atoms with Crippen molar-refractivity contribution in [2.24, 2.45) is 16.8 Å². The number of nitrogens with one attached hydrogen (secondary N) is 2. The molecule has 5 nitrogen and oxygen atoms in total. The first kappa shape index (κ1) is 22.5. The van der Waals surface area contributed by atoms with Crippen LogP contribution in [0.15, 0.2) is 4.99 Å². The summed E-state index contributed by atoms with van der Waals surface area (Å²) < 4.78 is 0. The van der Waals surface area contributed by atoms with Crippen LogP contribution in [0.2, 0.25) is 0 Å². The van der Waals surface area contributed by atoms with Gasteiger partial charge in [0.1, 0.15) is 0 Å². The standard InChI is InChI=1S/C19H36N4O.HI/c1-4-15(5-2)13-21-19(20-6-3)22-17-11-12-23(14-17)18(24)16-9-7-8-10-16;/h15-17H,4-14H2,1-3H3,(H2,20,21,22);1H. The van der Waals surface area contributed by atoms with E-state index in [1.165, 1.54) is 25.7 Å². The van der Waals surface area contributed by atoms with E-state index < -0.39 is 0 Å². The molecule has 25 heavy (non-hydrogen) atoms. The van der Waals surface area contributed by atoms with Crippen LogP contribution in [-0.4, -0.2) is 49.0 Å². The van der Waals surface area contributed by atoms with E-state index in [0.29, 0.717) is 23.8 Å². The Kier molecular flexibility index (Phi) is 10.8. The predicted molar refractivity (Wildman–Crippen MR) is 116 cm³/mol. The summed E-state index contributed by atoms with van der Waals surface area (Å²) in [6.45, 7) is 10.0. The number of amides is 1. The second kappa shape index (κ2) is 12.0. The maximum atomic E-state index is 12.5. The first-order chi connectivity index (χ1) is 11.7. The molecule has 1 aliphatic carbocycles. The highest BCUT2D eigenvalue weighted by Crippen LogP contribution is 2.27. The van der Waals surface area contributed by atoms with Gasteiger partial charge in [-0.3, -0.25) is 9.79 Å². The summed E-state index contributed by atoms with van der Waals surface area (Å²) in [4.78, 5) is 19.4. The zero-order valence-electron chi connectivity index (χ0n) is 16.2. The first-order valence-electron chi connectivity index (χ1n) is 10.0. The zero-order chi connectivity index (χ0) is 17.4. The number of hydrogen-bond donors (Lipinski definition) is 2. The van der Waals surface area contributed by atoms with E-state index in [2.05, 4.69) is 36.3 Å². The molecule has 0 radical (unpaired) electrons. The molecule has 0 spiro atoms. The van der Waals surface area contributed by atoms with Crippen LogP contribution in [-0.2, 0) is 4.79 Å². The van der Waals surface area contributed by atoms with Gasteiger partial charge in [0, 0.05) is 38.1 Å². The minimum absolute atomic E-state index is 0. The summed E-state index contributed by atoms with van der Waals surface area (Å²) in [6.07, 6.45) is 7.99. The summed E-state index contributed by atoms with van der Waals surface area (Å²) in [5.41, 5.74) is 0. The second-order valence-electron chi connectivity index (χ2n) is 7.30. The topological polar surface area (TPSA) is 56.7 Å². The van der Waals surface area contributed by atoms with Crippen molar-refractivity contribution in [3.05, 3.63) is 0 Å². The van der Waals surface area contributed by atoms with Crippen molar-refractivity contribution in [2.45, 2.75) is 71.8 Å². The molecule has 1 unspecified atom stereocenters. The molecule has 2 aliphatic rings. The molecule has 2 rings (SSSR count). The molecular weight excluding hydrogens is 427 g/mol. The Hall–Kier alpha value is -0.530. The summed E-state index contributed by atoms with van der Waals surface area (Å²) >= 11 is 0. The molecule has 2 N–H and O–H groups in total. The maximum absolute atomic E-state index is 12.5. The normalized spacial score (nSPS) is 21.5. The predicted octanol–water partition coefficient (Wildman–Crippen LogP) is 3.39. The van der Waals surface area contributed by atoms with Crippen LogP contribution < -0.4 is 10.6 Å². The Morgan fingerprint density at radius 1 is 1.16 bits per heavy atom. The van der Waals surface area contributed by atoms with Crippen molar-refractivity contribution >= 4 is 35.8 Å². The van der Waals surface area contributed by atoms with Crippen LogP contribution in [0.25, 0.3) is 0 Å². The maximum Gasteiger partial charge on any atom is 0.225 e. The van der Waals surface area contributed by atoms with E-state index >= 15 is 0 Å². The summed E-state index contributed by atoms with van der Waals surface area (Å²) in [7, 11) is 0. The molecule has 1 atom stereocenters. The monoisotopic (exact) mass is 464 g/mol. The van der Waals surface area contributed by atoms with Gasteiger partial charge in [0.25, 0.3) is 0 Å². The Balaban J connectivity index is 0.00000312. The number of rotatable bonds is 7. The van der Waals surface area contributed by atoms with Crippen molar-refractivity contribution in [3.8, 4) is 0 Å². The number of carbonyl (C=O) groups is 1. The molecule has 1 saturated heterocycles. The largest absolute Gasteiger partial charge is 0.357 e. The lowest BCUT2D eigenvalue weighted by Gasteiger charge is -2.21. The van der Waals surface area contributed by atoms with Crippen molar-refractivity contribution in [1.29, 1.82) is 0 Å². The Morgan fingerprint density at radius 3 is 2.44 bits per heavy atom. The molecule has 1 saturated carbocycles. The van der Waals surface area contributed by atoms with E-state index in [4.69, 9.17) is 4.99 Å². The lowest BCUT2D eigenvalue weighted by Crippen LogP contribution is -2.45. The number of aliphatic imine (C=N–C) groups is 1. The van der Waals surface area contributed by atoms with Crippen molar-refractivity contribution in [1.82, 2.24) is 15.5 Å². The van der Waals surface area contributed by atoms with Crippen LogP contribution >= 0.6 is 24.0 Å². The molecule has 0 aromatic carbocycles. The first-order valence-corrected chi connectivity index (χ1v) is 10.0. The third kappa shape index (κ3) is 6.94. The van der Waals surface area contributed by atoms with Gasteiger partial charge in [0.2, 0.25) is 5.91 Å². The van der Waals surface area contributed by atoms with E-state index in [1.54, 1.807) is 0 Å². The van der Waals surface area contributed by atoms with E-state index in [1.807, 2.05) is 0 Å². The summed E-state index contributed by atoms with van der Waals surface area (Å²) in [6, 6.07) is 0.329. The van der Waals surface area contributed by atoms with E-state index in [-0.39, 0.29) is 24.0 Å². The van der Waals surface area contributed by atoms with Gasteiger partial charge in [0.05, 0.1) is 0 Å². The summed E-state index contributed by atoms with van der Waals surface area (Å²) in [5.74, 6) is 2.24. The number of guanidine groups is 1. The molecule has 146 valence electrons. The summed E-state index contributed by atoms with van der Waals surface area (Å²) in [5, 5.41) is 6.89. The second-order valence-corrected chi connectivity index (χ2v) is 7.30. The van der Waals surface area contributed by atoms with Crippen LogP contribution in [0.1, 0.15) is 65.7 Å². The molecule has 0 aromatic heterocycles. The number of likely N-dealkylation sites (tertiary alicyclic amines) is 1. The Morgan fingerprint density at radius 2 is 1.84 bits per heavy atom. The molecule has 6 heteroatoms. The smallest absolute Gasteiger partial charge is 0.225 e. The van der Waals surface area contributed by atoms with E-state index in [0.717, 1.165) is 51.4 Å². The average molecular weight is 464 g/mol. The van der Waals surface area contributed by atoms with Crippen LogP contribution in [0, 0.1) is 11.8 Å². The third-order valence-electron chi connectivity index (χ3n) is 5.55. The molecule has 1 heterocycles. The Labute approximate surface area is 170 Å². The van der Waals surface area contributed by atoms with Crippen LogP contribution in [0.5, 0.6) is 0 Å². The van der Waals surface area contributed by atoms with Gasteiger partial charge in [-0.25, -0.2) is 0 Å². The lowest BCUT2D eigenvalue weighted by atomic mass is 10.0. The number of nitrogens with zero attached hydrogens (tertiary/aromatic N) is 2. The molecule has 0 aromatic rings. The fraction of sp³-hybridized carbons (Fsp3) is 0.895. The minimum atomic E-state index is 0. The van der Waals surface area contributed by atoms with E-state index in [9.17, 15) is 4.79 Å². The fourth-order valence-corrected chi connectivity index (χ4v) is 3.79. The highest BCUT2D eigenvalue weighted by Gasteiger charge is 2.32. The lowest BCUT2D eigenvalue weighted by molar-refractivity contribution is -0.134. The van der Waals surface area contributed by atoms with Crippen LogP contribution in [0.4, 0.5) is 0 Å². The van der Waals surface area contributed by atoms with Crippen LogP contribution in [0.3, 0.4) is 0 Å². The highest BCUT2D eigenvalue weighted by atomic mass is 127. The zero-order valence-corrected chi connectivity index (χ0v) is 18.6. The molecule has 0 bridgehead atoms. The van der Waals surface area contributed by atoms with Gasteiger partial charge in [-0.15, -0.1) is 24.0 Å². The molecule has 2 fully saturated rings. The van der Waals surface area contributed by atoms with Crippen molar-refractivity contribution in [3.63, 3.8) is 0 Å². The van der Waals surface area contributed by atoms with Gasteiger partial charge in [-0.2, -0.15) is 0 Å². The molecular formula is C19H37IN4O. The molecule has 1 aliphatic heterocycles. The van der Waals surface area contributed by atoms with Crippen molar-refractivity contribution in [2.75, 3.05) is 26.2 Å². The number of carbonyl (C=O) groups excluding carboxylic acids is 1. The molecule has 1 amide bonds. The number of halogens is 1. The van der Waals surface area contributed by atoms with Gasteiger partial charge < -0.3 is 15.5 Å². The average Bonchev–Trinajstić information content (AvgIpc) is 3.27. The Bertz CT molecular complexity index is 420. The minimum Gasteiger partial charge on any atom is -0.357 e. The van der Waals surface area contributed by atoms with Gasteiger partial charge in [0.15, 0.2) is 5.96 Å². The van der Waals surface area contributed by atoms with Gasteiger partial charge in [-0.1, -0.05) is 39.5 Å². The van der Waals surface area contributed by atoms with Gasteiger partial charge in [-0.05, 0) is 32.1 Å². The quantitative estimate of drug-likeness (QED) is 0.345. The van der Waals surface area contributed by atoms with Crippen molar-refractivity contribution < 1.29 is 4.79 Å². The van der Waals surface area contributed by atoms with Gasteiger partial charge >= 0.3 is 0 Å².